The van der Waals surface area contributed by atoms with E-state index in [0.29, 0.717) is 22.6 Å². The maximum atomic E-state index is 13.6. The van der Waals surface area contributed by atoms with Gasteiger partial charge in [0.25, 0.3) is 5.91 Å². The zero-order valence-electron chi connectivity index (χ0n) is 23.4. The van der Waals surface area contributed by atoms with Crippen molar-refractivity contribution in [3.05, 3.63) is 76.6 Å². The molecule has 2 aliphatic rings. The lowest BCUT2D eigenvalue weighted by molar-refractivity contribution is -0.0505. The van der Waals surface area contributed by atoms with Crippen molar-refractivity contribution in [2.24, 2.45) is 5.73 Å². The number of nitrogens with two attached hydrogens (primary N) is 1. The summed E-state index contributed by atoms with van der Waals surface area (Å²) in [5.41, 5.74) is 9.82. The number of hydrogen-bond acceptors (Lipinski definition) is 6. The minimum absolute atomic E-state index is 0.0208. The molecule has 6 rings (SSSR count). The molecule has 0 saturated carbocycles. The average Bonchev–Trinajstić information content (AvgIpc) is 3.34. The predicted molar refractivity (Wildman–Crippen MR) is 133 cm³/mol. The van der Waals surface area contributed by atoms with Crippen molar-refractivity contribution in [2.45, 2.75) is 51.3 Å². The van der Waals surface area contributed by atoms with Crippen LogP contribution < -0.4 is 10.5 Å². The summed E-state index contributed by atoms with van der Waals surface area (Å²) in [5.74, 6) is -1.05. The molecule has 0 unspecified atom stereocenters. The van der Waals surface area contributed by atoms with Crippen molar-refractivity contribution in [3.63, 3.8) is 0 Å². The molecule has 190 valence electrons. The minimum Gasteiger partial charge on any atom is -0.434 e. The Morgan fingerprint density at radius 3 is 2.65 bits per heavy atom. The quantitative estimate of drug-likeness (QED) is 0.435. The van der Waals surface area contributed by atoms with Gasteiger partial charge in [-0.1, -0.05) is 6.07 Å². The fourth-order valence-electron chi connectivity index (χ4n) is 5.44. The Hall–Kier alpha value is -3.92. The first-order chi connectivity index (χ1) is 18.8. The lowest BCUT2D eigenvalue weighted by Gasteiger charge is -2.23. The van der Waals surface area contributed by atoms with E-state index in [1.807, 2.05) is 26.8 Å². The van der Waals surface area contributed by atoms with Gasteiger partial charge in [0, 0.05) is 57.9 Å². The number of hydrogen-bond donors (Lipinski definition) is 1. The van der Waals surface area contributed by atoms with Crippen LogP contribution in [0.15, 0.2) is 42.9 Å². The lowest BCUT2D eigenvalue weighted by atomic mass is 9.88. The number of ether oxygens (including phenoxy) is 1. The maximum absolute atomic E-state index is 13.6. The molecule has 0 saturated heterocycles. The van der Waals surface area contributed by atoms with Crippen LogP contribution in [0.3, 0.4) is 0 Å². The predicted octanol–water partition coefficient (Wildman–Crippen LogP) is 4.56. The van der Waals surface area contributed by atoms with E-state index in [4.69, 9.17) is 19.7 Å². The summed E-state index contributed by atoms with van der Waals surface area (Å²) < 4.78 is 57.8. The number of carbonyl (C=O) groups excluding carboxylic acids is 1. The van der Waals surface area contributed by atoms with Crippen LogP contribution in [0.25, 0.3) is 16.6 Å². The molecule has 3 aromatic heterocycles. The van der Waals surface area contributed by atoms with Crippen molar-refractivity contribution < 1.29 is 22.4 Å². The Balaban J connectivity index is 1.59. The Kier molecular flexibility index (Phi) is 4.38. The van der Waals surface area contributed by atoms with Gasteiger partial charge in [-0.2, -0.15) is 13.9 Å². The monoisotopic (exact) mass is 507 g/mol. The van der Waals surface area contributed by atoms with Crippen LogP contribution in [0, 0.1) is 6.92 Å². The van der Waals surface area contributed by atoms with E-state index in [9.17, 15) is 13.6 Å². The highest BCUT2D eigenvalue weighted by atomic mass is 19.3. The van der Waals surface area contributed by atoms with Crippen LogP contribution in [0.5, 0.6) is 5.75 Å². The van der Waals surface area contributed by atoms with Gasteiger partial charge in [-0.25, -0.2) is 14.5 Å². The summed E-state index contributed by atoms with van der Waals surface area (Å²) in [5, 5.41) is 4.72. The largest absolute Gasteiger partial charge is 0.434 e. The van der Waals surface area contributed by atoms with Gasteiger partial charge < -0.3 is 15.4 Å². The lowest BCUT2D eigenvalue weighted by Crippen LogP contribution is -2.31. The van der Waals surface area contributed by atoms with E-state index in [1.165, 1.54) is 18.2 Å². The number of halogens is 2. The minimum atomic E-state index is -3.13. The number of carbonyl (C=O) groups is 1. The molecule has 4 aromatic rings. The second-order valence-electron chi connectivity index (χ2n) is 10.1. The van der Waals surface area contributed by atoms with Crippen molar-refractivity contribution in [1.82, 2.24) is 24.5 Å². The zero-order valence-corrected chi connectivity index (χ0v) is 20.4. The van der Waals surface area contributed by atoms with Gasteiger partial charge in [-0.05, 0) is 56.5 Å². The molecular formula is C27H26F2N6O2. The summed E-state index contributed by atoms with van der Waals surface area (Å²) in [6.45, 7) is -0.390. The van der Waals surface area contributed by atoms with Crippen molar-refractivity contribution in [1.29, 1.82) is 0 Å². The van der Waals surface area contributed by atoms with E-state index in [-0.39, 0.29) is 23.3 Å². The fourth-order valence-corrected chi connectivity index (χ4v) is 5.44. The molecule has 8 nitrogen and oxygen atoms in total. The number of aromatic nitrogens is 4. The molecular weight excluding hydrogens is 478 g/mol. The molecule has 2 N–H and O–H groups in total. The first-order valence-corrected chi connectivity index (χ1v) is 11.8. The number of benzene rings is 1. The standard InChI is InChI=1S/C27H26F2N6O2/c1-13-12-35-18(8-16(13)14-10-31-25(32-11-14)27(2,3)30)22-17-9-19(23(22)33-35)34(4)24(36)15-6-5-7-20(21(15)17)37-26(28)29/h5-8,10-12,17,19,26H,9,30H2,1-4H3/t17-,19-/m1/s1/i4D3. The number of nitrogens with zero attached hydrogens (tertiary/aromatic N) is 5. The molecule has 1 amide bonds. The van der Waals surface area contributed by atoms with Crippen LogP contribution in [0.4, 0.5) is 8.78 Å². The molecule has 37 heavy (non-hydrogen) atoms. The molecule has 10 heteroatoms. The van der Waals surface area contributed by atoms with Gasteiger partial charge in [0.05, 0.1) is 22.8 Å². The van der Waals surface area contributed by atoms with Gasteiger partial charge in [-0.15, -0.1) is 0 Å². The Morgan fingerprint density at radius 2 is 1.97 bits per heavy atom. The van der Waals surface area contributed by atoms with Gasteiger partial charge in [0.15, 0.2) is 0 Å². The Bertz CT molecular complexity index is 1660. The fraction of sp³-hybridized carbons (Fsp3) is 0.333. The molecule has 0 radical (unpaired) electrons. The molecule has 4 heterocycles. The highest BCUT2D eigenvalue weighted by Gasteiger charge is 2.46. The van der Waals surface area contributed by atoms with E-state index < -0.39 is 37.0 Å². The highest BCUT2D eigenvalue weighted by molar-refractivity contribution is 5.98. The number of pyridine rings is 1. The summed E-state index contributed by atoms with van der Waals surface area (Å²) in [4.78, 5) is 23.3. The molecule has 2 bridgehead atoms. The van der Waals surface area contributed by atoms with E-state index in [0.717, 1.165) is 21.6 Å². The van der Waals surface area contributed by atoms with Crippen LogP contribution in [-0.4, -0.2) is 44.0 Å². The SMILES string of the molecule is [2H]C([2H])([2H])N1C(=O)c2cccc(OC(F)F)c2[C@H]2C[C@@H]1c1nn3cc(C)c(-c4cnc(C(C)(C)N)nc4)cc3c12. The summed E-state index contributed by atoms with van der Waals surface area (Å²) in [7, 11) is 0. The third-order valence-electron chi connectivity index (χ3n) is 7.09. The second kappa shape index (κ2) is 8.04. The highest BCUT2D eigenvalue weighted by Crippen LogP contribution is 2.53. The van der Waals surface area contributed by atoms with Gasteiger partial charge >= 0.3 is 6.61 Å². The van der Waals surface area contributed by atoms with Gasteiger partial charge in [0.1, 0.15) is 11.6 Å². The summed E-state index contributed by atoms with van der Waals surface area (Å²) in [6.07, 6.45) is 5.35. The van der Waals surface area contributed by atoms with Crippen LogP contribution >= 0.6 is 0 Å². The smallest absolute Gasteiger partial charge is 0.387 e. The molecule has 1 aromatic carbocycles. The maximum Gasteiger partial charge on any atom is 0.387 e. The second-order valence-corrected chi connectivity index (χ2v) is 10.1. The van der Waals surface area contributed by atoms with E-state index >= 15 is 0 Å². The number of amides is 1. The molecule has 0 spiro atoms. The van der Waals surface area contributed by atoms with Gasteiger partial charge in [0.2, 0.25) is 0 Å². The van der Waals surface area contributed by atoms with Crippen molar-refractivity contribution in [2.75, 3.05) is 6.98 Å². The first-order valence-electron chi connectivity index (χ1n) is 13.3. The molecule has 2 atom stereocenters. The average molecular weight is 508 g/mol. The summed E-state index contributed by atoms with van der Waals surface area (Å²) >= 11 is 0. The summed E-state index contributed by atoms with van der Waals surface area (Å²) in [6, 6.07) is 5.26. The first kappa shape index (κ1) is 20.2. The van der Waals surface area contributed by atoms with Crippen LogP contribution in [-0.2, 0) is 5.54 Å². The number of rotatable bonds is 4. The van der Waals surface area contributed by atoms with E-state index in [1.54, 1.807) is 23.1 Å². The number of fused-ring (bicyclic) bond motifs is 9. The van der Waals surface area contributed by atoms with Gasteiger partial charge in [-0.3, -0.25) is 4.79 Å². The number of alkyl halides is 2. The Morgan fingerprint density at radius 1 is 1.22 bits per heavy atom. The third-order valence-corrected chi connectivity index (χ3v) is 7.09. The van der Waals surface area contributed by atoms with Crippen molar-refractivity contribution >= 4 is 11.4 Å². The van der Waals surface area contributed by atoms with Crippen LogP contribution in [0.2, 0.25) is 0 Å². The van der Waals surface area contributed by atoms with Crippen molar-refractivity contribution in [3.8, 4) is 16.9 Å². The van der Waals surface area contributed by atoms with Crippen LogP contribution in [0.1, 0.15) is 74.9 Å². The molecule has 0 fully saturated rings. The molecule has 1 aliphatic carbocycles. The third kappa shape index (κ3) is 3.58. The van der Waals surface area contributed by atoms with E-state index in [2.05, 4.69) is 9.97 Å². The topological polar surface area (TPSA) is 98.6 Å². The normalized spacial score (nSPS) is 20.4. The number of aryl methyl sites for hydroxylation is 1. The zero-order chi connectivity index (χ0) is 28.7. The Labute approximate surface area is 216 Å². The molecule has 1 aliphatic heterocycles.